The number of benzene rings is 1. The number of nitrogens with one attached hydrogen (secondary N) is 1. The number of rotatable bonds is 6. The van der Waals surface area contributed by atoms with Gasteiger partial charge >= 0.3 is 0 Å². The van der Waals surface area contributed by atoms with Gasteiger partial charge in [-0.1, -0.05) is 44.2 Å². The Morgan fingerprint density at radius 1 is 1.20 bits per heavy atom. The van der Waals surface area contributed by atoms with Crippen molar-refractivity contribution in [1.82, 2.24) is 10.2 Å². The fourth-order valence-electron chi connectivity index (χ4n) is 2.96. The number of hydrogen-bond acceptors (Lipinski definition) is 4. The van der Waals surface area contributed by atoms with Gasteiger partial charge in [-0.15, -0.1) is 0 Å². The van der Waals surface area contributed by atoms with E-state index >= 15 is 0 Å². The minimum Gasteiger partial charge on any atom is -0.389 e. The van der Waals surface area contributed by atoms with Gasteiger partial charge in [0.15, 0.2) is 0 Å². The van der Waals surface area contributed by atoms with Crippen LogP contribution in [-0.2, 0) is 5.41 Å². The van der Waals surface area contributed by atoms with Gasteiger partial charge in [-0.25, -0.2) is 0 Å². The van der Waals surface area contributed by atoms with Crippen LogP contribution in [0.25, 0.3) is 0 Å². The van der Waals surface area contributed by atoms with Crippen molar-refractivity contribution in [3.8, 4) is 0 Å². The van der Waals surface area contributed by atoms with Gasteiger partial charge < -0.3 is 15.5 Å². The second-order valence-electron chi connectivity index (χ2n) is 6.04. The van der Waals surface area contributed by atoms with Gasteiger partial charge in [0.2, 0.25) is 0 Å². The summed E-state index contributed by atoms with van der Waals surface area (Å²) in [6.07, 6.45) is -1.23. The van der Waals surface area contributed by atoms with Crippen molar-refractivity contribution in [2.45, 2.75) is 31.5 Å². The average Bonchev–Trinajstić information content (AvgIpc) is 2.76. The third-order valence-electron chi connectivity index (χ3n) is 4.14. The highest BCUT2D eigenvalue weighted by atomic mass is 16.3. The van der Waals surface area contributed by atoms with Crippen molar-refractivity contribution in [1.29, 1.82) is 0 Å². The molecule has 3 unspecified atom stereocenters. The summed E-state index contributed by atoms with van der Waals surface area (Å²) in [4.78, 5) is 2.15. The quantitative estimate of drug-likeness (QED) is 0.713. The van der Waals surface area contributed by atoms with Crippen LogP contribution in [0.15, 0.2) is 30.3 Å². The van der Waals surface area contributed by atoms with Gasteiger partial charge in [-0.2, -0.15) is 0 Å². The summed E-state index contributed by atoms with van der Waals surface area (Å²) < 4.78 is 0. The zero-order valence-corrected chi connectivity index (χ0v) is 12.4. The van der Waals surface area contributed by atoms with E-state index < -0.39 is 12.2 Å². The van der Waals surface area contributed by atoms with Crippen LogP contribution in [0.4, 0.5) is 0 Å². The van der Waals surface area contributed by atoms with Crippen LogP contribution in [0.1, 0.15) is 19.4 Å². The Kier molecular flexibility index (Phi) is 5.16. The molecule has 0 radical (unpaired) electrons. The van der Waals surface area contributed by atoms with Crippen LogP contribution < -0.4 is 5.32 Å². The third-order valence-corrected chi connectivity index (χ3v) is 4.14. The molecule has 3 atom stereocenters. The molecule has 0 saturated carbocycles. The first-order chi connectivity index (χ1) is 9.55. The van der Waals surface area contributed by atoms with Gasteiger partial charge in [-0.05, 0) is 12.1 Å². The molecule has 4 heteroatoms. The molecule has 1 saturated heterocycles. The van der Waals surface area contributed by atoms with Crippen molar-refractivity contribution in [2.75, 3.05) is 32.7 Å². The van der Waals surface area contributed by atoms with E-state index in [1.54, 1.807) is 0 Å². The predicted octanol–water partition coefficient (Wildman–Crippen LogP) is 0.591. The molecule has 3 N–H and O–H groups in total. The zero-order chi connectivity index (χ0) is 14.6. The van der Waals surface area contributed by atoms with E-state index in [1.165, 1.54) is 5.56 Å². The number of nitrogens with zero attached hydrogens (tertiary/aromatic N) is 1. The van der Waals surface area contributed by atoms with Gasteiger partial charge in [-0.3, -0.25) is 4.90 Å². The normalized spacial score (nSPS) is 26.6. The molecule has 0 spiro atoms. The lowest BCUT2D eigenvalue weighted by Gasteiger charge is -2.34. The van der Waals surface area contributed by atoms with Crippen LogP contribution in [-0.4, -0.2) is 60.0 Å². The molecule has 4 nitrogen and oxygen atoms in total. The molecule has 1 fully saturated rings. The second-order valence-corrected chi connectivity index (χ2v) is 6.04. The molecular formula is C16H26N2O2. The maximum absolute atomic E-state index is 9.70. The van der Waals surface area contributed by atoms with Crippen LogP contribution in [0.3, 0.4) is 0 Å². The maximum Gasteiger partial charge on any atom is 0.0938 e. The van der Waals surface area contributed by atoms with Gasteiger partial charge in [0.05, 0.1) is 12.2 Å². The Morgan fingerprint density at radius 2 is 1.80 bits per heavy atom. The molecule has 1 aliphatic rings. The molecule has 112 valence electrons. The van der Waals surface area contributed by atoms with E-state index in [9.17, 15) is 10.2 Å². The highest BCUT2D eigenvalue weighted by molar-refractivity contribution is 5.26. The fourth-order valence-corrected chi connectivity index (χ4v) is 2.96. The summed E-state index contributed by atoms with van der Waals surface area (Å²) in [5.74, 6) is 0. The van der Waals surface area contributed by atoms with Crippen LogP contribution in [0.5, 0.6) is 0 Å². The molecule has 1 aromatic rings. The van der Waals surface area contributed by atoms with E-state index in [-0.39, 0.29) is 5.41 Å². The Balaban J connectivity index is 2.11. The number of β-amino-alcohol motifs (C(OH)–C–C–N with tert-alkyl or cyclic N) is 2. The lowest BCUT2D eigenvalue weighted by molar-refractivity contribution is 0.0572. The highest BCUT2D eigenvalue weighted by Gasteiger charge is 2.35. The number of aliphatic hydroxyl groups is 2. The lowest BCUT2D eigenvalue weighted by atomic mass is 9.81. The first-order valence-electron chi connectivity index (χ1n) is 7.40. The van der Waals surface area contributed by atoms with Crippen molar-refractivity contribution >= 4 is 0 Å². The maximum atomic E-state index is 9.70. The average molecular weight is 278 g/mol. The van der Waals surface area contributed by atoms with Crippen molar-refractivity contribution in [3.63, 3.8) is 0 Å². The Labute approximate surface area is 121 Å². The zero-order valence-electron chi connectivity index (χ0n) is 12.4. The van der Waals surface area contributed by atoms with Gasteiger partial charge in [0, 0.05) is 31.6 Å². The summed E-state index contributed by atoms with van der Waals surface area (Å²) in [5, 5.41) is 22.8. The third kappa shape index (κ3) is 3.58. The monoisotopic (exact) mass is 278 g/mol. The van der Waals surface area contributed by atoms with Crippen LogP contribution >= 0.6 is 0 Å². The molecule has 1 heterocycles. The molecule has 2 rings (SSSR count). The van der Waals surface area contributed by atoms with E-state index in [1.807, 2.05) is 6.07 Å². The standard InChI is InChI=1S/C16H26N2O2/c1-3-17-11-16(2,13-7-5-4-6-8-13)12-18-9-14(19)15(20)10-18/h4-8,14-15,17,19-20H,3,9-12H2,1-2H3. The lowest BCUT2D eigenvalue weighted by Crippen LogP contribution is -2.45. The van der Waals surface area contributed by atoms with Crippen molar-refractivity contribution < 1.29 is 10.2 Å². The van der Waals surface area contributed by atoms with E-state index in [0.717, 1.165) is 19.6 Å². The number of likely N-dealkylation sites (tertiary alicyclic amines) is 1. The van der Waals surface area contributed by atoms with Crippen molar-refractivity contribution in [3.05, 3.63) is 35.9 Å². The van der Waals surface area contributed by atoms with E-state index in [0.29, 0.717) is 13.1 Å². The number of likely N-dealkylation sites (N-methyl/N-ethyl adjacent to an activating group) is 1. The number of hydrogen-bond donors (Lipinski definition) is 3. The second kappa shape index (κ2) is 6.68. The molecular weight excluding hydrogens is 252 g/mol. The Morgan fingerprint density at radius 3 is 2.35 bits per heavy atom. The van der Waals surface area contributed by atoms with E-state index in [4.69, 9.17) is 0 Å². The summed E-state index contributed by atoms with van der Waals surface area (Å²) in [7, 11) is 0. The predicted molar refractivity (Wildman–Crippen MR) is 80.8 cm³/mol. The van der Waals surface area contributed by atoms with Crippen LogP contribution in [0, 0.1) is 0 Å². The molecule has 1 aromatic carbocycles. The van der Waals surface area contributed by atoms with Crippen molar-refractivity contribution in [2.24, 2.45) is 0 Å². The topological polar surface area (TPSA) is 55.7 Å². The molecule has 20 heavy (non-hydrogen) atoms. The molecule has 1 aliphatic heterocycles. The van der Waals surface area contributed by atoms with Gasteiger partial charge in [0.1, 0.15) is 0 Å². The smallest absolute Gasteiger partial charge is 0.0938 e. The summed E-state index contributed by atoms with van der Waals surface area (Å²) >= 11 is 0. The highest BCUT2D eigenvalue weighted by Crippen LogP contribution is 2.26. The van der Waals surface area contributed by atoms with Gasteiger partial charge in [0.25, 0.3) is 0 Å². The molecule has 0 aliphatic carbocycles. The Hall–Kier alpha value is -0.940. The number of aliphatic hydroxyl groups excluding tert-OH is 2. The fraction of sp³-hybridized carbons (Fsp3) is 0.625. The first-order valence-corrected chi connectivity index (χ1v) is 7.40. The first kappa shape index (κ1) is 15.4. The van der Waals surface area contributed by atoms with E-state index in [2.05, 4.69) is 48.3 Å². The van der Waals surface area contributed by atoms with Crippen LogP contribution in [0.2, 0.25) is 0 Å². The minimum absolute atomic E-state index is 0.0267. The summed E-state index contributed by atoms with van der Waals surface area (Å²) in [6, 6.07) is 10.5. The summed E-state index contributed by atoms with van der Waals surface area (Å²) in [6.45, 7) is 8.10. The SMILES string of the molecule is CCNCC(C)(CN1CC(O)C(O)C1)c1ccccc1. The molecule has 0 amide bonds. The summed E-state index contributed by atoms with van der Waals surface area (Å²) in [5.41, 5.74) is 1.26. The molecule has 0 aromatic heterocycles. The Bertz CT molecular complexity index is 402. The largest absolute Gasteiger partial charge is 0.389 e. The minimum atomic E-state index is -0.617. The molecule has 0 bridgehead atoms.